The van der Waals surface area contributed by atoms with Crippen molar-refractivity contribution in [3.05, 3.63) is 23.9 Å². The minimum Gasteiger partial charge on any atom is -0.354 e. The fourth-order valence-electron chi connectivity index (χ4n) is 5.86. The summed E-state index contributed by atoms with van der Waals surface area (Å²) in [4.78, 5) is 9.91. The normalized spacial score (nSPS) is 29.1. The van der Waals surface area contributed by atoms with E-state index in [0.717, 1.165) is 81.6 Å². The summed E-state index contributed by atoms with van der Waals surface area (Å²) in [5.41, 5.74) is 1.62. The smallest absolute Gasteiger partial charge is 0.150 e. The Bertz CT molecular complexity index is 1150. The van der Waals surface area contributed by atoms with Crippen molar-refractivity contribution in [2.75, 3.05) is 44.4 Å². The molecule has 3 heterocycles. The van der Waals surface area contributed by atoms with Gasteiger partial charge >= 0.3 is 0 Å². The lowest BCUT2D eigenvalue weighted by molar-refractivity contribution is 0.148. The van der Waals surface area contributed by atoms with Crippen LogP contribution in [0.4, 0.5) is 5.82 Å². The topological polar surface area (TPSA) is 94.3 Å². The van der Waals surface area contributed by atoms with E-state index in [4.69, 9.17) is 4.98 Å². The van der Waals surface area contributed by atoms with E-state index in [1.807, 2.05) is 13.2 Å². The maximum atomic E-state index is 11.9. The highest BCUT2D eigenvalue weighted by Crippen LogP contribution is 2.36. The van der Waals surface area contributed by atoms with Gasteiger partial charge in [0, 0.05) is 62.1 Å². The van der Waals surface area contributed by atoms with Crippen molar-refractivity contribution in [1.82, 2.24) is 19.8 Å². The molecule has 0 spiro atoms. The predicted octanol–water partition coefficient (Wildman–Crippen LogP) is 2.31. The Labute approximate surface area is 196 Å². The second-order valence-electron chi connectivity index (χ2n) is 10.00. The first-order valence-corrected chi connectivity index (χ1v) is 14.1. The summed E-state index contributed by atoms with van der Waals surface area (Å²) in [6.07, 6.45) is 9.01. The second kappa shape index (κ2) is 8.90. The average Bonchev–Trinajstić information content (AvgIpc) is 3.16. The van der Waals surface area contributed by atoms with Gasteiger partial charge in [-0.25, -0.2) is 13.4 Å². The molecule has 0 atom stereocenters. The molecule has 0 aromatic carbocycles. The minimum atomic E-state index is -2.92. The van der Waals surface area contributed by atoms with Gasteiger partial charge < -0.3 is 14.8 Å². The summed E-state index contributed by atoms with van der Waals surface area (Å²) in [5, 5.41) is 13.7. The number of pyridine rings is 1. The Kier molecular flexibility index (Phi) is 6.10. The fourth-order valence-corrected chi connectivity index (χ4v) is 6.99. The van der Waals surface area contributed by atoms with Gasteiger partial charge in [-0.15, -0.1) is 0 Å². The van der Waals surface area contributed by atoms with Gasteiger partial charge in [-0.1, -0.05) is 0 Å². The third-order valence-corrected chi connectivity index (χ3v) is 9.78. The monoisotopic (exact) mass is 470 g/mol. The van der Waals surface area contributed by atoms with Crippen LogP contribution in [0, 0.1) is 11.3 Å². The van der Waals surface area contributed by atoms with E-state index >= 15 is 0 Å². The molecule has 178 valence electrons. The number of nitrogens with zero attached hydrogens (tertiary/aromatic N) is 5. The summed E-state index contributed by atoms with van der Waals surface area (Å²) >= 11 is 0. The van der Waals surface area contributed by atoms with Crippen LogP contribution in [0.2, 0.25) is 0 Å². The lowest BCUT2D eigenvalue weighted by atomic mass is 9.87. The number of fused-ring (bicyclic) bond motifs is 1. The second-order valence-corrected chi connectivity index (χ2v) is 12.3. The number of nitrogens with one attached hydrogen (secondary N) is 1. The van der Waals surface area contributed by atoms with Gasteiger partial charge in [0.15, 0.2) is 0 Å². The van der Waals surface area contributed by atoms with Crippen molar-refractivity contribution < 1.29 is 8.42 Å². The van der Waals surface area contributed by atoms with Crippen molar-refractivity contribution >= 4 is 26.7 Å². The van der Waals surface area contributed by atoms with Crippen LogP contribution < -0.4 is 10.2 Å². The van der Waals surface area contributed by atoms with E-state index in [-0.39, 0.29) is 5.25 Å². The Morgan fingerprint density at radius 2 is 1.76 bits per heavy atom. The average molecular weight is 471 g/mol. The zero-order valence-electron chi connectivity index (χ0n) is 19.6. The quantitative estimate of drug-likeness (QED) is 0.717. The Hall–Kier alpha value is -2.15. The molecule has 1 saturated heterocycles. The first kappa shape index (κ1) is 22.6. The molecule has 5 rings (SSSR count). The van der Waals surface area contributed by atoms with Gasteiger partial charge in [0.05, 0.1) is 10.8 Å². The highest BCUT2D eigenvalue weighted by Gasteiger charge is 2.33. The number of nitriles is 1. The van der Waals surface area contributed by atoms with Crippen molar-refractivity contribution in [3.63, 3.8) is 0 Å². The number of piperazine rings is 1. The van der Waals surface area contributed by atoms with Gasteiger partial charge in [0.1, 0.15) is 27.4 Å². The summed E-state index contributed by atoms with van der Waals surface area (Å²) in [6.45, 7) is 3.79. The summed E-state index contributed by atoms with van der Waals surface area (Å²) in [5.74, 6) is 0.983. The first-order chi connectivity index (χ1) is 15.9. The Morgan fingerprint density at radius 3 is 2.36 bits per heavy atom. The van der Waals surface area contributed by atoms with Crippen LogP contribution in [0.3, 0.4) is 0 Å². The van der Waals surface area contributed by atoms with E-state index < -0.39 is 9.84 Å². The molecule has 2 aromatic heterocycles. The van der Waals surface area contributed by atoms with Crippen LogP contribution in [0.15, 0.2) is 18.3 Å². The molecule has 3 aliphatic rings. The van der Waals surface area contributed by atoms with Crippen LogP contribution in [-0.4, -0.2) is 79.7 Å². The van der Waals surface area contributed by atoms with Crippen molar-refractivity contribution in [1.29, 1.82) is 5.26 Å². The summed E-state index contributed by atoms with van der Waals surface area (Å²) in [7, 11) is -0.913. The molecule has 0 radical (unpaired) electrons. The third kappa shape index (κ3) is 4.36. The standard InChI is InChI=1S/C24H34N6O2S/c1-26-18-13-20(14-18)30-16-17(15-25)22-7-8-23(27-24(22)30)29-11-9-28(10-12-29)19-3-5-21(6-4-19)33(2,31)32/h7-8,16,18-21,26H,3-6,9-14H2,1-2H3/t18-,19-,20-,21+. The molecule has 8 nitrogen and oxygen atoms in total. The molecule has 2 saturated carbocycles. The van der Waals surface area contributed by atoms with E-state index in [0.29, 0.717) is 23.7 Å². The maximum absolute atomic E-state index is 11.9. The fraction of sp³-hybridized carbons (Fsp3) is 0.667. The summed E-state index contributed by atoms with van der Waals surface area (Å²) < 4.78 is 25.9. The molecular formula is C24H34N6O2S. The molecule has 0 amide bonds. The molecule has 0 unspecified atom stereocenters. The van der Waals surface area contributed by atoms with Crippen molar-refractivity contribution in [2.24, 2.45) is 0 Å². The summed E-state index contributed by atoms with van der Waals surface area (Å²) in [6, 6.07) is 7.88. The van der Waals surface area contributed by atoms with Gasteiger partial charge in [0.2, 0.25) is 0 Å². The van der Waals surface area contributed by atoms with Crippen LogP contribution in [0.5, 0.6) is 0 Å². The van der Waals surface area contributed by atoms with E-state index in [9.17, 15) is 13.7 Å². The van der Waals surface area contributed by atoms with Gasteiger partial charge in [-0.05, 0) is 57.7 Å². The molecule has 33 heavy (non-hydrogen) atoms. The van der Waals surface area contributed by atoms with Crippen molar-refractivity contribution in [3.8, 4) is 6.07 Å². The third-order valence-electron chi connectivity index (χ3n) is 8.10. The largest absolute Gasteiger partial charge is 0.354 e. The van der Waals surface area contributed by atoms with E-state index in [2.05, 4.69) is 37.9 Å². The number of hydrogen-bond acceptors (Lipinski definition) is 7. The molecule has 1 N–H and O–H groups in total. The van der Waals surface area contributed by atoms with E-state index in [1.54, 1.807) is 0 Å². The van der Waals surface area contributed by atoms with E-state index in [1.165, 1.54) is 6.26 Å². The van der Waals surface area contributed by atoms with Crippen LogP contribution >= 0.6 is 0 Å². The SMILES string of the molecule is CN[C@H]1C[C@H](n2cc(C#N)c3ccc(N4CCN([C@H]5CC[C@@H](S(C)(=O)=O)CC5)CC4)nc32)C1. The maximum Gasteiger partial charge on any atom is 0.150 e. The first-order valence-electron chi connectivity index (χ1n) is 12.1. The predicted molar refractivity (Wildman–Crippen MR) is 130 cm³/mol. The zero-order valence-corrected chi connectivity index (χ0v) is 20.4. The number of sulfone groups is 1. The highest BCUT2D eigenvalue weighted by atomic mass is 32.2. The molecular weight excluding hydrogens is 436 g/mol. The molecule has 2 aliphatic carbocycles. The van der Waals surface area contributed by atoms with Gasteiger partial charge in [-0.2, -0.15) is 5.26 Å². The molecule has 2 aromatic rings. The lowest BCUT2D eigenvalue weighted by Crippen LogP contribution is -2.51. The van der Waals surface area contributed by atoms with Crippen LogP contribution in [-0.2, 0) is 9.84 Å². The van der Waals surface area contributed by atoms with Crippen LogP contribution in [0.25, 0.3) is 11.0 Å². The highest BCUT2D eigenvalue weighted by molar-refractivity contribution is 7.91. The molecule has 9 heteroatoms. The lowest BCUT2D eigenvalue weighted by Gasteiger charge is -2.42. The van der Waals surface area contributed by atoms with Crippen LogP contribution in [0.1, 0.15) is 50.1 Å². The molecule has 3 fully saturated rings. The number of rotatable bonds is 5. The molecule has 1 aliphatic heterocycles. The Morgan fingerprint density at radius 1 is 1.06 bits per heavy atom. The zero-order chi connectivity index (χ0) is 23.2. The number of hydrogen-bond donors (Lipinski definition) is 1. The Balaban J connectivity index is 1.26. The molecule has 0 bridgehead atoms. The number of aromatic nitrogens is 2. The van der Waals surface area contributed by atoms with Gasteiger partial charge in [-0.3, -0.25) is 4.90 Å². The number of anilines is 1. The van der Waals surface area contributed by atoms with Gasteiger partial charge in [0.25, 0.3) is 0 Å². The van der Waals surface area contributed by atoms with Crippen molar-refractivity contribution in [2.45, 2.75) is 61.9 Å². The minimum absolute atomic E-state index is 0.153.